The van der Waals surface area contributed by atoms with Gasteiger partial charge < -0.3 is 15.4 Å². The van der Waals surface area contributed by atoms with Gasteiger partial charge in [-0.15, -0.1) is 0 Å². The Morgan fingerprint density at radius 2 is 1.86 bits per heavy atom. The molecule has 0 aromatic heterocycles. The van der Waals surface area contributed by atoms with Crippen molar-refractivity contribution in [3.63, 3.8) is 0 Å². The van der Waals surface area contributed by atoms with Crippen molar-refractivity contribution in [3.8, 4) is 0 Å². The van der Waals surface area contributed by atoms with Crippen LogP contribution in [0.15, 0.2) is 4.99 Å². The van der Waals surface area contributed by atoms with Gasteiger partial charge in [-0.2, -0.15) is 0 Å². The van der Waals surface area contributed by atoms with Crippen molar-refractivity contribution >= 4 is 16.0 Å². The van der Waals surface area contributed by atoms with E-state index in [2.05, 4.69) is 17.6 Å². The van der Waals surface area contributed by atoms with Gasteiger partial charge >= 0.3 is 0 Å². The fourth-order valence-corrected chi connectivity index (χ4v) is 7.74. The normalized spacial score (nSPS) is 32.9. The number of guanidine groups is 1. The van der Waals surface area contributed by atoms with Gasteiger partial charge in [-0.3, -0.25) is 4.99 Å². The molecule has 2 aliphatic carbocycles. The second-order valence-electron chi connectivity index (χ2n) is 9.26. The molecule has 2 N–H and O–H groups in total. The lowest BCUT2D eigenvalue weighted by molar-refractivity contribution is -0.125. The zero-order chi connectivity index (χ0) is 20.5. The van der Waals surface area contributed by atoms with Crippen molar-refractivity contribution in [2.45, 2.75) is 83.4 Å². The molecule has 4 rings (SSSR count). The molecule has 0 aromatic carbocycles. The number of aliphatic imine (C=N–C) groups is 1. The van der Waals surface area contributed by atoms with Crippen molar-refractivity contribution in [2.24, 2.45) is 16.3 Å². The highest BCUT2D eigenvalue weighted by molar-refractivity contribution is 7.89. The first kappa shape index (κ1) is 21.4. The Labute approximate surface area is 176 Å². The average molecular weight is 427 g/mol. The van der Waals surface area contributed by atoms with E-state index in [0.29, 0.717) is 43.0 Å². The van der Waals surface area contributed by atoms with E-state index in [1.807, 2.05) is 6.92 Å². The van der Waals surface area contributed by atoms with Crippen LogP contribution in [0.5, 0.6) is 0 Å². The van der Waals surface area contributed by atoms with E-state index in [4.69, 9.17) is 9.73 Å². The molecule has 3 unspecified atom stereocenters. The molecule has 2 heterocycles. The van der Waals surface area contributed by atoms with E-state index in [1.54, 1.807) is 4.31 Å². The minimum atomic E-state index is -3.09. The Bertz CT molecular complexity index is 697. The monoisotopic (exact) mass is 426 g/mol. The maximum absolute atomic E-state index is 12.3. The minimum Gasteiger partial charge on any atom is -0.377 e. The molecular weight excluding hydrogens is 388 g/mol. The van der Waals surface area contributed by atoms with Gasteiger partial charge in [-0.05, 0) is 45.4 Å². The minimum absolute atomic E-state index is 0.254. The summed E-state index contributed by atoms with van der Waals surface area (Å²) >= 11 is 0. The lowest BCUT2D eigenvalue weighted by Gasteiger charge is -2.57. The summed E-state index contributed by atoms with van der Waals surface area (Å²) in [6, 6.07) is 0.733. The van der Waals surface area contributed by atoms with Crippen molar-refractivity contribution in [2.75, 3.05) is 32.0 Å². The molecule has 29 heavy (non-hydrogen) atoms. The summed E-state index contributed by atoms with van der Waals surface area (Å²) in [5.74, 6) is 1.77. The van der Waals surface area contributed by atoms with Crippen LogP contribution < -0.4 is 10.6 Å². The molecule has 0 radical (unpaired) electrons. The SMILES string of the molecule is CCCS(=O)(=O)N1CCC(NC(=NCC)NC2C3CCOC3C23CCCC3)CC1. The summed E-state index contributed by atoms with van der Waals surface area (Å²) < 4.78 is 32.4. The topological polar surface area (TPSA) is 83.0 Å². The first-order valence-electron chi connectivity index (χ1n) is 11.7. The predicted octanol–water partition coefficient (Wildman–Crippen LogP) is 2.09. The smallest absolute Gasteiger partial charge is 0.214 e. The summed E-state index contributed by atoms with van der Waals surface area (Å²) in [6.07, 6.45) is 9.07. The van der Waals surface area contributed by atoms with Crippen molar-refractivity contribution in [3.05, 3.63) is 0 Å². The summed E-state index contributed by atoms with van der Waals surface area (Å²) in [5.41, 5.74) is 0.301. The zero-order valence-corrected chi connectivity index (χ0v) is 18.8. The Hall–Kier alpha value is -0.860. The number of nitrogens with one attached hydrogen (secondary N) is 2. The van der Waals surface area contributed by atoms with Gasteiger partial charge in [0.2, 0.25) is 10.0 Å². The summed E-state index contributed by atoms with van der Waals surface area (Å²) in [4.78, 5) is 4.73. The molecule has 4 aliphatic rings. The number of hydrogen-bond donors (Lipinski definition) is 2. The van der Waals surface area contributed by atoms with Gasteiger partial charge in [0.05, 0.1) is 11.9 Å². The highest BCUT2D eigenvalue weighted by atomic mass is 32.2. The van der Waals surface area contributed by atoms with E-state index < -0.39 is 10.0 Å². The van der Waals surface area contributed by atoms with Crippen molar-refractivity contribution in [1.82, 2.24) is 14.9 Å². The highest BCUT2D eigenvalue weighted by Gasteiger charge is 2.65. The molecule has 2 saturated carbocycles. The second kappa shape index (κ2) is 8.71. The maximum Gasteiger partial charge on any atom is 0.214 e. The quantitative estimate of drug-likeness (QED) is 0.502. The van der Waals surface area contributed by atoms with E-state index in [-0.39, 0.29) is 11.8 Å². The number of rotatable bonds is 6. The third-order valence-electron chi connectivity index (χ3n) is 7.54. The lowest BCUT2D eigenvalue weighted by atomic mass is 9.54. The van der Waals surface area contributed by atoms with Crippen molar-refractivity contribution < 1.29 is 13.2 Å². The van der Waals surface area contributed by atoms with Crippen LogP contribution in [0.3, 0.4) is 0 Å². The number of piperidine rings is 1. The van der Waals surface area contributed by atoms with Crippen molar-refractivity contribution in [1.29, 1.82) is 0 Å². The van der Waals surface area contributed by atoms with Gasteiger partial charge in [0.1, 0.15) is 0 Å². The van der Waals surface area contributed by atoms with Crippen LogP contribution in [-0.4, -0.2) is 68.9 Å². The van der Waals surface area contributed by atoms with Crippen LogP contribution in [0.2, 0.25) is 0 Å². The number of hydrogen-bond acceptors (Lipinski definition) is 4. The summed E-state index contributed by atoms with van der Waals surface area (Å²) in [6.45, 7) is 6.83. The molecule has 7 nitrogen and oxygen atoms in total. The molecule has 166 valence electrons. The molecule has 0 aromatic rings. The second-order valence-corrected chi connectivity index (χ2v) is 11.4. The van der Waals surface area contributed by atoms with E-state index in [9.17, 15) is 8.42 Å². The Morgan fingerprint density at radius 3 is 2.52 bits per heavy atom. The summed E-state index contributed by atoms with van der Waals surface area (Å²) in [5, 5.41) is 7.42. The van der Waals surface area contributed by atoms with E-state index in [0.717, 1.165) is 38.4 Å². The van der Waals surface area contributed by atoms with Crippen LogP contribution in [0.1, 0.15) is 65.2 Å². The summed E-state index contributed by atoms with van der Waals surface area (Å²) in [7, 11) is -3.09. The fourth-order valence-electron chi connectivity index (χ4n) is 6.20. The molecule has 4 fully saturated rings. The largest absolute Gasteiger partial charge is 0.377 e. The predicted molar refractivity (Wildman–Crippen MR) is 115 cm³/mol. The lowest BCUT2D eigenvalue weighted by Crippen LogP contribution is -2.69. The van der Waals surface area contributed by atoms with E-state index in [1.165, 1.54) is 25.7 Å². The van der Waals surface area contributed by atoms with Crippen LogP contribution in [0.4, 0.5) is 0 Å². The van der Waals surface area contributed by atoms with Gasteiger partial charge in [-0.1, -0.05) is 19.8 Å². The third-order valence-corrected chi connectivity index (χ3v) is 9.62. The molecule has 8 heteroatoms. The highest BCUT2D eigenvalue weighted by Crippen LogP contribution is 2.60. The van der Waals surface area contributed by atoms with Crippen LogP contribution in [0, 0.1) is 11.3 Å². The van der Waals surface area contributed by atoms with Gasteiger partial charge in [0, 0.05) is 49.7 Å². The number of nitrogens with zero attached hydrogens (tertiary/aromatic N) is 2. The molecule has 2 aliphatic heterocycles. The molecule has 3 atom stereocenters. The van der Waals surface area contributed by atoms with Crippen LogP contribution in [-0.2, 0) is 14.8 Å². The first-order chi connectivity index (χ1) is 14.0. The number of fused-ring (bicyclic) bond motifs is 2. The average Bonchev–Trinajstić information content (AvgIpc) is 3.35. The number of sulfonamides is 1. The molecule has 2 saturated heterocycles. The Balaban J connectivity index is 1.35. The molecule has 0 amide bonds. The van der Waals surface area contributed by atoms with Gasteiger partial charge in [0.15, 0.2) is 5.96 Å². The fraction of sp³-hybridized carbons (Fsp3) is 0.952. The molecule has 0 bridgehead atoms. The standard InChI is InChI=1S/C21H38N4O3S/c1-3-15-29(26,27)25-12-7-16(8-13-25)23-20(22-4-2)24-18-17-9-14-28-19(17)21(18)10-5-6-11-21/h16-19H,3-15H2,1-2H3,(H2,22,23,24). The first-order valence-corrected chi connectivity index (χ1v) is 13.3. The Morgan fingerprint density at radius 1 is 1.14 bits per heavy atom. The zero-order valence-electron chi connectivity index (χ0n) is 18.0. The van der Waals surface area contributed by atoms with Crippen LogP contribution in [0.25, 0.3) is 0 Å². The van der Waals surface area contributed by atoms with Crippen LogP contribution >= 0.6 is 0 Å². The van der Waals surface area contributed by atoms with Gasteiger partial charge in [0.25, 0.3) is 0 Å². The van der Waals surface area contributed by atoms with E-state index >= 15 is 0 Å². The third kappa shape index (κ3) is 4.04. The van der Waals surface area contributed by atoms with Gasteiger partial charge in [-0.25, -0.2) is 12.7 Å². The molecular formula is C21H38N4O3S. The Kier molecular flexibility index (Phi) is 6.42. The maximum atomic E-state index is 12.3. The molecule has 1 spiro atoms. The number of ether oxygens (including phenoxy) is 1.